The number of carbonyl (C=O) groups is 1. The van der Waals surface area contributed by atoms with Crippen molar-refractivity contribution in [1.29, 1.82) is 0 Å². The van der Waals surface area contributed by atoms with E-state index in [0.29, 0.717) is 17.8 Å². The number of amides is 1. The van der Waals surface area contributed by atoms with Gasteiger partial charge >= 0.3 is 0 Å². The number of hydrogen-bond acceptors (Lipinski definition) is 4. The number of carbonyl (C=O) groups excluding carboxylic acids is 1. The Kier molecular flexibility index (Phi) is 7.30. The van der Waals surface area contributed by atoms with Crippen molar-refractivity contribution in [1.82, 2.24) is 20.0 Å². The molecule has 27 heavy (non-hydrogen) atoms. The van der Waals surface area contributed by atoms with Gasteiger partial charge < -0.3 is 15.0 Å². The average Bonchev–Trinajstić information content (AvgIpc) is 3.05. The summed E-state index contributed by atoms with van der Waals surface area (Å²) in [7, 11) is 0. The number of piperidine rings is 1. The van der Waals surface area contributed by atoms with Gasteiger partial charge in [0.25, 0.3) is 5.91 Å². The van der Waals surface area contributed by atoms with Crippen LogP contribution in [0.25, 0.3) is 0 Å². The number of hydrogen-bond donors (Lipinski definition) is 1. The molecule has 6 heteroatoms. The third-order valence-electron chi connectivity index (χ3n) is 5.70. The zero-order valence-electron chi connectivity index (χ0n) is 17.3. The highest BCUT2D eigenvalue weighted by atomic mass is 16.5. The van der Waals surface area contributed by atoms with E-state index in [-0.39, 0.29) is 5.91 Å². The Morgan fingerprint density at radius 1 is 1.30 bits per heavy atom. The van der Waals surface area contributed by atoms with Crippen molar-refractivity contribution >= 4 is 5.91 Å². The van der Waals surface area contributed by atoms with Crippen molar-refractivity contribution in [3.63, 3.8) is 0 Å². The monoisotopic (exact) mass is 376 g/mol. The number of nitrogens with zero attached hydrogens (tertiary/aromatic N) is 3. The molecule has 1 aliphatic carbocycles. The van der Waals surface area contributed by atoms with Gasteiger partial charge in [-0.25, -0.2) is 0 Å². The van der Waals surface area contributed by atoms with Crippen molar-refractivity contribution in [2.45, 2.75) is 84.4 Å². The minimum Gasteiger partial charge on any atom is -0.379 e. The van der Waals surface area contributed by atoms with E-state index in [1.54, 1.807) is 0 Å². The van der Waals surface area contributed by atoms with Crippen molar-refractivity contribution in [2.24, 2.45) is 0 Å². The molecule has 0 saturated carbocycles. The number of nitrogens with one attached hydrogen (secondary N) is 1. The van der Waals surface area contributed by atoms with Crippen LogP contribution in [0.5, 0.6) is 0 Å². The summed E-state index contributed by atoms with van der Waals surface area (Å²) in [5.41, 5.74) is 3.18. The van der Waals surface area contributed by atoms with Gasteiger partial charge in [0.15, 0.2) is 5.69 Å². The highest BCUT2D eigenvalue weighted by molar-refractivity contribution is 5.94. The van der Waals surface area contributed by atoms with E-state index in [1.165, 1.54) is 17.7 Å². The summed E-state index contributed by atoms with van der Waals surface area (Å²) >= 11 is 0. The van der Waals surface area contributed by atoms with Crippen LogP contribution >= 0.6 is 0 Å². The number of aromatic nitrogens is 2. The van der Waals surface area contributed by atoms with Crippen molar-refractivity contribution in [3.05, 3.63) is 17.0 Å². The summed E-state index contributed by atoms with van der Waals surface area (Å²) in [6.07, 6.45) is 7.81. The third-order valence-corrected chi connectivity index (χ3v) is 5.70. The molecule has 0 aromatic carbocycles. The van der Waals surface area contributed by atoms with Gasteiger partial charge in [0.2, 0.25) is 0 Å². The molecule has 1 N–H and O–H groups in total. The molecule has 1 aliphatic heterocycles. The maximum absolute atomic E-state index is 13.1. The number of likely N-dealkylation sites (tertiary alicyclic amines) is 1. The van der Waals surface area contributed by atoms with Crippen LogP contribution < -0.4 is 5.32 Å². The molecule has 1 amide bonds. The predicted octanol–water partition coefficient (Wildman–Crippen LogP) is 2.79. The minimum atomic E-state index is 0.143. The van der Waals surface area contributed by atoms with Gasteiger partial charge in [0.05, 0.1) is 6.10 Å². The Balaban J connectivity index is 1.63. The molecule has 1 atom stereocenters. The molecule has 152 valence electrons. The third kappa shape index (κ3) is 5.11. The molecule has 0 radical (unpaired) electrons. The number of rotatable bonds is 8. The van der Waals surface area contributed by atoms with Gasteiger partial charge in [-0.2, -0.15) is 5.10 Å². The summed E-state index contributed by atoms with van der Waals surface area (Å²) in [5, 5.41) is 8.39. The first-order chi connectivity index (χ1) is 13.1. The standard InChI is InChI=1S/C21H36N4O2/c1-4-25-19-10-9-17(22-11-8-14-27-16(2)3)15-18(19)20(23-25)21(26)24-12-6-5-7-13-24/h16-17,22H,4-15H2,1-3H3. The second-order valence-electron chi connectivity index (χ2n) is 8.11. The molecule has 1 aromatic heterocycles. The van der Waals surface area contributed by atoms with Crippen LogP contribution in [0.2, 0.25) is 0 Å². The average molecular weight is 377 g/mol. The Morgan fingerprint density at radius 2 is 2.07 bits per heavy atom. The minimum absolute atomic E-state index is 0.143. The highest BCUT2D eigenvalue weighted by Crippen LogP contribution is 2.26. The van der Waals surface area contributed by atoms with Crippen LogP contribution in [0.15, 0.2) is 0 Å². The molecule has 0 spiro atoms. The highest BCUT2D eigenvalue weighted by Gasteiger charge is 2.31. The van der Waals surface area contributed by atoms with Gasteiger partial charge in [0.1, 0.15) is 0 Å². The predicted molar refractivity (Wildman–Crippen MR) is 107 cm³/mol. The van der Waals surface area contributed by atoms with E-state index >= 15 is 0 Å². The molecular formula is C21H36N4O2. The van der Waals surface area contributed by atoms with Gasteiger partial charge in [0, 0.05) is 43.5 Å². The lowest BCUT2D eigenvalue weighted by molar-refractivity contribution is 0.0716. The maximum atomic E-state index is 13.1. The van der Waals surface area contributed by atoms with Crippen LogP contribution in [0.4, 0.5) is 0 Å². The Morgan fingerprint density at radius 3 is 2.78 bits per heavy atom. The summed E-state index contributed by atoms with van der Waals surface area (Å²) in [6, 6.07) is 0.430. The summed E-state index contributed by atoms with van der Waals surface area (Å²) in [4.78, 5) is 15.1. The van der Waals surface area contributed by atoms with E-state index < -0.39 is 0 Å². The van der Waals surface area contributed by atoms with Gasteiger partial charge in [-0.15, -0.1) is 0 Å². The lowest BCUT2D eigenvalue weighted by Crippen LogP contribution is -2.38. The second-order valence-corrected chi connectivity index (χ2v) is 8.11. The maximum Gasteiger partial charge on any atom is 0.274 e. The fraction of sp³-hybridized carbons (Fsp3) is 0.810. The number of fused-ring (bicyclic) bond motifs is 1. The molecule has 0 bridgehead atoms. The molecular weight excluding hydrogens is 340 g/mol. The molecule has 2 aliphatic rings. The van der Waals surface area contributed by atoms with Gasteiger partial charge in [-0.05, 0) is 72.3 Å². The molecule has 6 nitrogen and oxygen atoms in total. The van der Waals surface area contributed by atoms with Crippen LogP contribution in [0, 0.1) is 0 Å². The Labute approximate surface area is 163 Å². The second kappa shape index (κ2) is 9.69. The molecule has 1 saturated heterocycles. The molecule has 2 heterocycles. The SMILES string of the molecule is CCn1nc(C(=O)N2CCCCC2)c2c1CCC(NCCCOC(C)C)C2. The summed E-state index contributed by atoms with van der Waals surface area (Å²) < 4.78 is 7.67. The summed E-state index contributed by atoms with van der Waals surface area (Å²) in [6.45, 7) is 10.6. The van der Waals surface area contributed by atoms with Crippen LogP contribution in [0.3, 0.4) is 0 Å². The Bertz CT molecular complexity index is 620. The van der Waals surface area contributed by atoms with E-state index in [2.05, 4.69) is 30.8 Å². The molecule has 1 fully saturated rings. The molecule has 1 aromatic rings. The van der Waals surface area contributed by atoms with Crippen molar-refractivity contribution in [2.75, 3.05) is 26.2 Å². The molecule has 3 rings (SSSR count). The van der Waals surface area contributed by atoms with Gasteiger partial charge in [-0.1, -0.05) is 0 Å². The van der Waals surface area contributed by atoms with E-state index in [1.807, 2.05) is 4.90 Å². The van der Waals surface area contributed by atoms with Gasteiger partial charge in [-0.3, -0.25) is 9.48 Å². The Hall–Kier alpha value is -1.40. The topological polar surface area (TPSA) is 59.4 Å². The van der Waals surface area contributed by atoms with Crippen LogP contribution in [0.1, 0.15) is 74.6 Å². The van der Waals surface area contributed by atoms with E-state index in [0.717, 1.165) is 71.3 Å². The largest absolute Gasteiger partial charge is 0.379 e. The lowest BCUT2D eigenvalue weighted by atomic mass is 9.91. The smallest absolute Gasteiger partial charge is 0.274 e. The fourth-order valence-corrected chi connectivity index (χ4v) is 4.24. The first-order valence-corrected chi connectivity index (χ1v) is 10.8. The van der Waals surface area contributed by atoms with E-state index in [4.69, 9.17) is 9.84 Å². The lowest BCUT2D eigenvalue weighted by Gasteiger charge is -2.27. The quantitative estimate of drug-likeness (QED) is 0.709. The molecule has 1 unspecified atom stereocenters. The number of ether oxygens (including phenoxy) is 1. The van der Waals surface area contributed by atoms with Crippen molar-refractivity contribution in [3.8, 4) is 0 Å². The first kappa shape index (κ1) is 20.3. The first-order valence-electron chi connectivity index (χ1n) is 10.8. The number of aryl methyl sites for hydroxylation is 1. The van der Waals surface area contributed by atoms with E-state index in [9.17, 15) is 4.79 Å². The zero-order chi connectivity index (χ0) is 19.2. The normalized spacial score (nSPS) is 20.1. The summed E-state index contributed by atoms with van der Waals surface area (Å²) in [5.74, 6) is 0.143. The fourth-order valence-electron chi connectivity index (χ4n) is 4.24. The van der Waals surface area contributed by atoms with Crippen LogP contribution in [-0.2, 0) is 24.1 Å². The van der Waals surface area contributed by atoms with Crippen LogP contribution in [-0.4, -0.2) is 59.0 Å². The zero-order valence-corrected chi connectivity index (χ0v) is 17.3. The van der Waals surface area contributed by atoms with Crippen molar-refractivity contribution < 1.29 is 9.53 Å².